The van der Waals surface area contributed by atoms with E-state index in [9.17, 15) is 0 Å². The summed E-state index contributed by atoms with van der Waals surface area (Å²) in [6, 6.07) is 40.2. The van der Waals surface area contributed by atoms with Crippen LogP contribution >= 0.6 is 15.9 Å². The quantitative estimate of drug-likeness (QED) is 0.196. The molecule has 5 aromatic rings. The molecule has 1 nitrogen and oxygen atoms in total. The highest BCUT2D eigenvalue weighted by molar-refractivity contribution is 9.10. The fourth-order valence-electron chi connectivity index (χ4n) is 6.23. The van der Waals surface area contributed by atoms with E-state index in [4.69, 9.17) is 0 Å². The molecule has 0 amide bonds. The van der Waals surface area contributed by atoms with E-state index >= 15 is 0 Å². The molecule has 0 unspecified atom stereocenters. The second-order valence-electron chi connectivity index (χ2n) is 10.9. The van der Waals surface area contributed by atoms with Gasteiger partial charge in [0.2, 0.25) is 0 Å². The summed E-state index contributed by atoms with van der Waals surface area (Å²) in [4.78, 5) is 2.41. The zero-order valence-corrected chi connectivity index (χ0v) is 24.7. The van der Waals surface area contributed by atoms with Gasteiger partial charge in [-0.3, -0.25) is 0 Å². The third-order valence-electron chi connectivity index (χ3n) is 8.31. The minimum Gasteiger partial charge on any atom is -0.310 e. The van der Waals surface area contributed by atoms with Gasteiger partial charge in [0.15, 0.2) is 0 Å². The highest BCUT2D eigenvalue weighted by Crippen LogP contribution is 2.51. The molecule has 0 spiro atoms. The van der Waals surface area contributed by atoms with Crippen LogP contribution in [0.4, 0.5) is 17.1 Å². The van der Waals surface area contributed by atoms with Crippen LogP contribution in [0.25, 0.3) is 22.3 Å². The van der Waals surface area contributed by atoms with Crippen LogP contribution < -0.4 is 4.90 Å². The Balaban J connectivity index is 1.50. The van der Waals surface area contributed by atoms with E-state index in [1.807, 2.05) is 0 Å². The molecule has 0 heterocycles. The van der Waals surface area contributed by atoms with E-state index in [1.165, 1.54) is 55.9 Å². The van der Waals surface area contributed by atoms with Crippen LogP contribution in [0.3, 0.4) is 0 Å². The van der Waals surface area contributed by atoms with Crippen molar-refractivity contribution in [2.75, 3.05) is 4.90 Å². The summed E-state index contributed by atoms with van der Waals surface area (Å²) >= 11 is 3.70. The molecular formula is C37H34BrN. The zero-order valence-electron chi connectivity index (χ0n) is 23.1. The first-order valence-corrected chi connectivity index (χ1v) is 14.7. The Hall–Kier alpha value is -3.62. The lowest BCUT2D eigenvalue weighted by molar-refractivity contribution is 0.660. The normalized spacial score (nSPS) is 13.2. The van der Waals surface area contributed by atoms with E-state index in [0.717, 1.165) is 23.0 Å². The summed E-state index contributed by atoms with van der Waals surface area (Å²) in [5.41, 5.74) is 14.3. The number of nitrogens with zero attached hydrogens (tertiary/aromatic N) is 1. The smallest absolute Gasteiger partial charge is 0.0465 e. The first kappa shape index (κ1) is 25.6. The summed E-state index contributed by atoms with van der Waals surface area (Å²) in [7, 11) is 0. The number of para-hydroxylation sites is 1. The molecule has 1 aliphatic rings. The Morgan fingerprint density at radius 2 is 1.10 bits per heavy atom. The molecule has 2 heteroatoms. The van der Waals surface area contributed by atoms with Crippen molar-refractivity contribution >= 4 is 33.0 Å². The Labute approximate surface area is 241 Å². The highest BCUT2D eigenvalue weighted by atomic mass is 79.9. The van der Waals surface area contributed by atoms with E-state index in [1.54, 1.807) is 0 Å². The molecule has 0 saturated heterocycles. The molecule has 194 valence electrons. The molecule has 0 atom stereocenters. The summed E-state index contributed by atoms with van der Waals surface area (Å²) in [5, 5.41) is 0. The number of hydrogen-bond donors (Lipinski definition) is 0. The van der Waals surface area contributed by atoms with Crippen LogP contribution in [0.2, 0.25) is 0 Å². The summed E-state index contributed by atoms with van der Waals surface area (Å²) in [6.45, 7) is 9.19. The van der Waals surface area contributed by atoms with Crippen molar-refractivity contribution < 1.29 is 0 Å². The number of anilines is 3. The molecule has 1 aliphatic carbocycles. The molecule has 0 saturated carbocycles. The van der Waals surface area contributed by atoms with Crippen LogP contribution in [0.5, 0.6) is 0 Å². The van der Waals surface area contributed by atoms with Gasteiger partial charge in [0.25, 0.3) is 0 Å². The van der Waals surface area contributed by atoms with Gasteiger partial charge >= 0.3 is 0 Å². The fraction of sp³-hybridized carbons (Fsp3) is 0.189. The van der Waals surface area contributed by atoms with Crippen molar-refractivity contribution in [1.82, 2.24) is 0 Å². The fourth-order valence-corrected chi connectivity index (χ4v) is 6.59. The summed E-state index contributed by atoms with van der Waals surface area (Å²) in [5.74, 6) is 0. The Bertz CT molecular complexity index is 1670. The van der Waals surface area contributed by atoms with Crippen LogP contribution in [-0.4, -0.2) is 0 Å². The Morgan fingerprint density at radius 3 is 1.82 bits per heavy atom. The SMILES string of the molecule is CCc1ccccc1-c1ccc(N(c2ccccc2)c2ccc3c(c2)C(C)(C)c2cc(Br)ccc2-3)cc1CC. The molecule has 0 fully saturated rings. The van der Waals surface area contributed by atoms with Crippen molar-refractivity contribution in [3.05, 3.63) is 136 Å². The van der Waals surface area contributed by atoms with E-state index in [0.29, 0.717) is 0 Å². The Kier molecular flexibility index (Phi) is 6.69. The lowest BCUT2D eigenvalue weighted by Gasteiger charge is -2.29. The molecule has 0 aromatic heterocycles. The molecule has 39 heavy (non-hydrogen) atoms. The van der Waals surface area contributed by atoms with E-state index in [-0.39, 0.29) is 5.41 Å². The van der Waals surface area contributed by atoms with Crippen LogP contribution in [0, 0.1) is 0 Å². The largest absolute Gasteiger partial charge is 0.310 e. The van der Waals surface area contributed by atoms with Gasteiger partial charge in [-0.2, -0.15) is 0 Å². The minimum atomic E-state index is -0.0743. The number of rotatable bonds is 6. The van der Waals surface area contributed by atoms with Crippen molar-refractivity contribution in [2.24, 2.45) is 0 Å². The number of halogens is 1. The summed E-state index contributed by atoms with van der Waals surface area (Å²) in [6.07, 6.45) is 2.01. The van der Waals surface area contributed by atoms with Gasteiger partial charge in [0.1, 0.15) is 0 Å². The van der Waals surface area contributed by atoms with Crippen molar-refractivity contribution in [3.63, 3.8) is 0 Å². The maximum Gasteiger partial charge on any atom is 0.0465 e. The van der Waals surface area contributed by atoms with Crippen LogP contribution in [0.1, 0.15) is 49.9 Å². The van der Waals surface area contributed by atoms with E-state index in [2.05, 4.69) is 158 Å². The average Bonchev–Trinajstić information content (AvgIpc) is 3.19. The molecule has 0 aliphatic heterocycles. The van der Waals surface area contributed by atoms with Gasteiger partial charge in [-0.25, -0.2) is 0 Å². The molecule has 0 N–H and O–H groups in total. The van der Waals surface area contributed by atoms with Gasteiger partial charge in [-0.1, -0.05) is 104 Å². The molecule has 5 aromatic carbocycles. The number of hydrogen-bond acceptors (Lipinski definition) is 1. The third kappa shape index (κ3) is 4.41. The van der Waals surface area contributed by atoms with E-state index < -0.39 is 0 Å². The number of fused-ring (bicyclic) bond motifs is 3. The second kappa shape index (κ2) is 10.2. The first-order valence-electron chi connectivity index (χ1n) is 13.9. The first-order chi connectivity index (χ1) is 18.9. The standard InChI is InChI=1S/C37H34BrN/c1-5-25-12-10-11-15-31(25)32-20-17-29(22-26(32)6-2)39(28-13-8-7-9-14-28)30-18-21-34-33-19-16-27(38)23-35(33)37(3,4)36(34)24-30/h7-24H,5-6H2,1-4H3. The summed E-state index contributed by atoms with van der Waals surface area (Å²) < 4.78 is 1.13. The molecule has 6 rings (SSSR count). The Morgan fingerprint density at radius 1 is 0.538 bits per heavy atom. The topological polar surface area (TPSA) is 3.24 Å². The van der Waals surface area contributed by atoms with Crippen molar-refractivity contribution in [2.45, 2.75) is 46.0 Å². The number of benzene rings is 5. The van der Waals surface area contributed by atoms with Gasteiger partial charge in [0.05, 0.1) is 0 Å². The van der Waals surface area contributed by atoms with Gasteiger partial charge in [-0.05, 0) is 106 Å². The lowest BCUT2D eigenvalue weighted by atomic mass is 9.82. The van der Waals surface area contributed by atoms with Gasteiger partial charge in [0, 0.05) is 26.9 Å². The maximum absolute atomic E-state index is 3.70. The monoisotopic (exact) mass is 571 g/mol. The molecule has 0 bridgehead atoms. The third-order valence-corrected chi connectivity index (χ3v) is 8.80. The second-order valence-corrected chi connectivity index (χ2v) is 11.8. The maximum atomic E-state index is 3.70. The van der Waals surface area contributed by atoms with Crippen LogP contribution in [0.15, 0.2) is 114 Å². The average molecular weight is 573 g/mol. The predicted octanol–water partition coefficient (Wildman–Crippen LogP) is 11.0. The zero-order chi connectivity index (χ0) is 27.1. The van der Waals surface area contributed by atoms with Crippen molar-refractivity contribution in [3.8, 4) is 22.3 Å². The molecular weight excluding hydrogens is 538 g/mol. The van der Waals surface area contributed by atoms with Gasteiger partial charge < -0.3 is 4.90 Å². The van der Waals surface area contributed by atoms with Crippen molar-refractivity contribution in [1.29, 1.82) is 0 Å². The van der Waals surface area contributed by atoms with Crippen LogP contribution in [-0.2, 0) is 18.3 Å². The minimum absolute atomic E-state index is 0.0743. The molecule has 0 radical (unpaired) electrons. The van der Waals surface area contributed by atoms with Gasteiger partial charge in [-0.15, -0.1) is 0 Å². The predicted molar refractivity (Wildman–Crippen MR) is 171 cm³/mol. The number of aryl methyl sites for hydroxylation is 2. The lowest BCUT2D eigenvalue weighted by Crippen LogP contribution is -2.16. The highest BCUT2D eigenvalue weighted by Gasteiger charge is 2.36.